The highest BCUT2D eigenvalue weighted by atomic mass is 16.3. The molecule has 0 unspecified atom stereocenters. The number of benzene rings is 1. The summed E-state index contributed by atoms with van der Waals surface area (Å²) in [4.78, 5) is 0. The van der Waals surface area contributed by atoms with Crippen LogP contribution in [0.25, 0.3) is 0 Å². The molecule has 0 aromatic heterocycles. The van der Waals surface area contributed by atoms with E-state index in [9.17, 15) is 5.11 Å². The maximum atomic E-state index is 10.1. The maximum Gasteiger partial charge on any atom is 0.0750 e. The van der Waals surface area contributed by atoms with E-state index in [1.54, 1.807) is 0 Å². The Morgan fingerprint density at radius 2 is 2.05 bits per heavy atom. The van der Waals surface area contributed by atoms with E-state index in [0.29, 0.717) is 11.8 Å². The minimum Gasteiger partial charge on any atom is -0.389 e. The predicted molar refractivity (Wildman–Crippen MR) is 84.1 cm³/mol. The van der Waals surface area contributed by atoms with Crippen molar-refractivity contribution in [1.82, 2.24) is 0 Å². The van der Waals surface area contributed by atoms with Crippen LogP contribution in [0.4, 0.5) is 0 Å². The molecule has 3 atom stereocenters. The standard InChI is InChI=1S/C19H26O/c1-12(2)14-5-8-17-15(11-14)6-7-16-13(3)18(20)9-10-19(16,17)4/h5,8,11-12,16,18,20H,3,6-7,9-10H2,1-2,4H3/t16-,18-,19-/m0/s1. The minimum atomic E-state index is -0.287. The highest BCUT2D eigenvalue weighted by Gasteiger charge is 2.45. The number of rotatable bonds is 1. The first-order valence-corrected chi connectivity index (χ1v) is 7.93. The van der Waals surface area contributed by atoms with Gasteiger partial charge in [-0.3, -0.25) is 0 Å². The molecule has 0 heterocycles. The molecular formula is C19H26O. The monoisotopic (exact) mass is 270 g/mol. The lowest BCUT2D eigenvalue weighted by molar-refractivity contribution is 0.109. The average Bonchev–Trinajstić information content (AvgIpc) is 2.43. The van der Waals surface area contributed by atoms with Gasteiger partial charge in [0.15, 0.2) is 0 Å². The molecule has 1 saturated carbocycles. The van der Waals surface area contributed by atoms with Crippen molar-refractivity contribution in [2.24, 2.45) is 5.92 Å². The van der Waals surface area contributed by atoms with E-state index in [4.69, 9.17) is 0 Å². The van der Waals surface area contributed by atoms with E-state index >= 15 is 0 Å². The molecule has 20 heavy (non-hydrogen) atoms. The van der Waals surface area contributed by atoms with Crippen LogP contribution in [-0.2, 0) is 11.8 Å². The van der Waals surface area contributed by atoms with Crippen LogP contribution in [-0.4, -0.2) is 11.2 Å². The molecule has 0 aliphatic heterocycles. The number of hydrogen-bond acceptors (Lipinski definition) is 1. The van der Waals surface area contributed by atoms with Gasteiger partial charge in [0, 0.05) is 0 Å². The molecule has 1 nitrogen and oxygen atoms in total. The largest absolute Gasteiger partial charge is 0.389 e. The summed E-state index contributed by atoms with van der Waals surface area (Å²) in [6.07, 6.45) is 3.91. The van der Waals surface area contributed by atoms with E-state index < -0.39 is 0 Å². The SMILES string of the molecule is C=C1[C@@H](O)CC[C@]2(C)c3ccc(C(C)C)cc3CC[C@@H]12. The molecule has 108 valence electrons. The summed E-state index contributed by atoms with van der Waals surface area (Å²) < 4.78 is 0. The number of aliphatic hydroxyl groups excluding tert-OH is 1. The predicted octanol–water partition coefficient (Wildman–Crippen LogP) is 4.34. The number of aryl methyl sites for hydroxylation is 1. The van der Waals surface area contributed by atoms with Crippen LogP contribution < -0.4 is 0 Å². The Morgan fingerprint density at radius 1 is 1.30 bits per heavy atom. The lowest BCUT2D eigenvalue weighted by atomic mass is 9.56. The van der Waals surface area contributed by atoms with Gasteiger partial charge in [-0.05, 0) is 65.2 Å². The summed E-state index contributed by atoms with van der Waals surface area (Å²) in [5, 5.41) is 10.1. The van der Waals surface area contributed by atoms with Crippen molar-refractivity contribution in [3.05, 3.63) is 47.0 Å². The fourth-order valence-corrected chi connectivity index (χ4v) is 4.30. The Kier molecular flexibility index (Phi) is 3.29. The lowest BCUT2D eigenvalue weighted by Gasteiger charge is -2.49. The first kappa shape index (κ1) is 13.9. The highest BCUT2D eigenvalue weighted by Crippen LogP contribution is 2.51. The van der Waals surface area contributed by atoms with E-state index in [-0.39, 0.29) is 11.5 Å². The Morgan fingerprint density at radius 3 is 2.75 bits per heavy atom. The summed E-state index contributed by atoms with van der Waals surface area (Å²) in [5.41, 5.74) is 5.72. The second-order valence-corrected chi connectivity index (χ2v) is 7.21. The van der Waals surface area contributed by atoms with Crippen LogP contribution in [0, 0.1) is 5.92 Å². The first-order chi connectivity index (χ1) is 9.43. The van der Waals surface area contributed by atoms with E-state index in [0.717, 1.165) is 31.3 Å². The molecule has 0 saturated heterocycles. The van der Waals surface area contributed by atoms with Gasteiger partial charge in [-0.15, -0.1) is 0 Å². The fraction of sp³-hybridized carbons (Fsp3) is 0.579. The van der Waals surface area contributed by atoms with Crippen LogP contribution in [0.15, 0.2) is 30.4 Å². The third-order valence-corrected chi connectivity index (χ3v) is 5.70. The first-order valence-electron chi connectivity index (χ1n) is 7.93. The zero-order valence-electron chi connectivity index (χ0n) is 12.9. The molecule has 2 aliphatic carbocycles. The number of hydrogen-bond donors (Lipinski definition) is 1. The molecule has 0 radical (unpaired) electrons. The molecule has 0 amide bonds. The van der Waals surface area contributed by atoms with Crippen molar-refractivity contribution in [2.75, 3.05) is 0 Å². The number of aliphatic hydroxyl groups is 1. The van der Waals surface area contributed by atoms with Gasteiger partial charge in [0.25, 0.3) is 0 Å². The molecular weight excluding hydrogens is 244 g/mol. The third-order valence-electron chi connectivity index (χ3n) is 5.70. The zero-order valence-corrected chi connectivity index (χ0v) is 12.9. The van der Waals surface area contributed by atoms with Gasteiger partial charge in [-0.1, -0.05) is 45.5 Å². The minimum absolute atomic E-state index is 0.180. The van der Waals surface area contributed by atoms with Crippen LogP contribution >= 0.6 is 0 Å². The van der Waals surface area contributed by atoms with Crippen molar-refractivity contribution in [3.8, 4) is 0 Å². The lowest BCUT2D eigenvalue weighted by Crippen LogP contribution is -2.44. The average molecular weight is 270 g/mol. The van der Waals surface area contributed by atoms with Crippen molar-refractivity contribution in [1.29, 1.82) is 0 Å². The van der Waals surface area contributed by atoms with Gasteiger partial charge >= 0.3 is 0 Å². The van der Waals surface area contributed by atoms with Gasteiger partial charge in [-0.2, -0.15) is 0 Å². The van der Waals surface area contributed by atoms with Crippen LogP contribution in [0.5, 0.6) is 0 Å². The molecule has 3 rings (SSSR count). The summed E-state index contributed by atoms with van der Waals surface area (Å²) >= 11 is 0. The molecule has 0 spiro atoms. The van der Waals surface area contributed by atoms with Gasteiger partial charge in [0.1, 0.15) is 0 Å². The second-order valence-electron chi connectivity index (χ2n) is 7.21. The van der Waals surface area contributed by atoms with Gasteiger partial charge < -0.3 is 5.11 Å². The molecule has 0 bridgehead atoms. The maximum absolute atomic E-state index is 10.1. The van der Waals surface area contributed by atoms with Crippen molar-refractivity contribution in [3.63, 3.8) is 0 Å². The summed E-state index contributed by atoms with van der Waals surface area (Å²) in [5.74, 6) is 1.04. The van der Waals surface area contributed by atoms with Crippen LogP contribution in [0.3, 0.4) is 0 Å². The summed E-state index contributed by atoms with van der Waals surface area (Å²) in [6.45, 7) is 11.1. The van der Waals surface area contributed by atoms with Gasteiger partial charge in [0.2, 0.25) is 0 Å². The molecule has 1 fully saturated rings. The quantitative estimate of drug-likeness (QED) is 0.753. The Labute approximate surface area is 122 Å². The molecule has 1 N–H and O–H groups in total. The molecule has 1 aromatic carbocycles. The second kappa shape index (κ2) is 4.73. The zero-order chi connectivity index (χ0) is 14.5. The Bertz CT molecular complexity index is 543. The normalized spacial score (nSPS) is 33.0. The Balaban J connectivity index is 2.05. The topological polar surface area (TPSA) is 20.2 Å². The smallest absolute Gasteiger partial charge is 0.0750 e. The van der Waals surface area contributed by atoms with E-state index in [1.165, 1.54) is 16.7 Å². The third kappa shape index (κ3) is 1.95. The van der Waals surface area contributed by atoms with Gasteiger partial charge in [0.05, 0.1) is 6.10 Å². The molecule has 1 heteroatoms. The van der Waals surface area contributed by atoms with Gasteiger partial charge in [-0.25, -0.2) is 0 Å². The molecule has 1 aromatic rings. The van der Waals surface area contributed by atoms with E-state index in [2.05, 4.69) is 45.5 Å². The van der Waals surface area contributed by atoms with Crippen molar-refractivity contribution >= 4 is 0 Å². The summed E-state index contributed by atoms with van der Waals surface area (Å²) in [7, 11) is 0. The molecule has 2 aliphatic rings. The fourth-order valence-electron chi connectivity index (χ4n) is 4.30. The number of fused-ring (bicyclic) bond motifs is 3. The van der Waals surface area contributed by atoms with Crippen molar-refractivity contribution in [2.45, 2.75) is 63.9 Å². The van der Waals surface area contributed by atoms with Crippen LogP contribution in [0.1, 0.15) is 62.6 Å². The summed E-state index contributed by atoms with van der Waals surface area (Å²) in [6, 6.07) is 7.06. The Hall–Kier alpha value is -1.08. The highest BCUT2D eigenvalue weighted by molar-refractivity contribution is 5.44. The van der Waals surface area contributed by atoms with Crippen LogP contribution in [0.2, 0.25) is 0 Å². The van der Waals surface area contributed by atoms with Crippen molar-refractivity contribution < 1.29 is 5.11 Å². The van der Waals surface area contributed by atoms with E-state index in [1.807, 2.05) is 0 Å².